The zero-order chi connectivity index (χ0) is 13.8. The van der Waals surface area contributed by atoms with Crippen LogP contribution in [0.5, 0.6) is 5.75 Å². The molecule has 0 radical (unpaired) electrons. The maximum Gasteiger partial charge on any atom is 0.191 e. The van der Waals surface area contributed by atoms with E-state index in [1.807, 2.05) is 14.0 Å². The van der Waals surface area contributed by atoms with Crippen molar-refractivity contribution in [3.05, 3.63) is 36.2 Å². The van der Waals surface area contributed by atoms with Crippen LogP contribution in [0.2, 0.25) is 0 Å². The van der Waals surface area contributed by atoms with Crippen molar-refractivity contribution in [1.82, 2.24) is 14.8 Å². The Balaban J connectivity index is 2.08. The first-order valence-electron chi connectivity index (χ1n) is 5.80. The molecule has 100 valence electrons. The Bertz CT molecular complexity index is 566. The van der Waals surface area contributed by atoms with Gasteiger partial charge >= 0.3 is 0 Å². The first-order chi connectivity index (χ1) is 9.11. The molecular formula is C13H15N3O2S. The topological polar surface area (TPSA) is 57.0 Å². The number of hydrogen-bond donors (Lipinski definition) is 0. The Morgan fingerprint density at radius 1 is 1.37 bits per heavy atom. The number of hydrogen-bond acceptors (Lipinski definition) is 5. The van der Waals surface area contributed by atoms with Crippen molar-refractivity contribution in [3.8, 4) is 5.75 Å². The van der Waals surface area contributed by atoms with Crippen molar-refractivity contribution in [2.24, 2.45) is 7.05 Å². The fourth-order valence-corrected chi connectivity index (χ4v) is 2.45. The second-order valence-corrected chi connectivity index (χ2v) is 5.39. The molecule has 0 saturated heterocycles. The number of ether oxygens (including phenoxy) is 1. The lowest BCUT2D eigenvalue weighted by Crippen LogP contribution is -2.14. The van der Waals surface area contributed by atoms with E-state index in [2.05, 4.69) is 10.2 Å². The second-order valence-electron chi connectivity index (χ2n) is 4.08. The first kappa shape index (κ1) is 13.6. The molecule has 5 nitrogen and oxygen atoms in total. The van der Waals surface area contributed by atoms with Crippen LogP contribution in [0, 0.1) is 0 Å². The van der Waals surface area contributed by atoms with Gasteiger partial charge in [-0.1, -0.05) is 11.8 Å². The third-order valence-corrected chi connectivity index (χ3v) is 3.84. The van der Waals surface area contributed by atoms with Gasteiger partial charge in [0.15, 0.2) is 10.9 Å². The van der Waals surface area contributed by atoms with Gasteiger partial charge in [-0.15, -0.1) is 10.2 Å². The zero-order valence-corrected chi connectivity index (χ0v) is 11.8. The van der Waals surface area contributed by atoms with Crippen LogP contribution in [0.3, 0.4) is 0 Å². The monoisotopic (exact) mass is 277 g/mol. The summed E-state index contributed by atoms with van der Waals surface area (Å²) in [5.74, 6) is 0.806. The number of carbonyl (C=O) groups excluding carboxylic acids is 1. The Morgan fingerprint density at radius 3 is 2.58 bits per heavy atom. The van der Waals surface area contributed by atoms with Crippen molar-refractivity contribution < 1.29 is 9.53 Å². The highest BCUT2D eigenvalue weighted by Gasteiger charge is 2.18. The van der Waals surface area contributed by atoms with Crippen molar-refractivity contribution >= 4 is 17.5 Å². The maximum atomic E-state index is 12.3. The SMILES string of the molecule is COc1ccc(C(=O)C(C)Sc2nncn2C)cc1. The van der Waals surface area contributed by atoms with Crippen molar-refractivity contribution in [2.75, 3.05) is 7.11 Å². The number of aryl methyl sites for hydroxylation is 1. The largest absolute Gasteiger partial charge is 0.497 e. The van der Waals surface area contributed by atoms with Gasteiger partial charge < -0.3 is 9.30 Å². The maximum absolute atomic E-state index is 12.3. The van der Waals surface area contributed by atoms with E-state index in [1.54, 1.807) is 42.3 Å². The molecule has 0 bridgehead atoms. The van der Waals surface area contributed by atoms with Crippen LogP contribution in [-0.4, -0.2) is 32.9 Å². The van der Waals surface area contributed by atoms with E-state index in [-0.39, 0.29) is 11.0 Å². The summed E-state index contributed by atoms with van der Waals surface area (Å²) in [6.07, 6.45) is 1.62. The molecule has 0 aliphatic rings. The van der Waals surface area contributed by atoms with E-state index in [9.17, 15) is 4.79 Å². The smallest absolute Gasteiger partial charge is 0.191 e. The second kappa shape index (κ2) is 5.88. The van der Waals surface area contributed by atoms with Crippen LogP contribution in [0.15, 0.2) is 35.7 Å². The van der Waals surface area contributed by atoms with Gasteiger partial charge in [0.1, 0.15) is 12.1 Å². The molecule has 0 aliphatic heterocycles. The summed E-state index contributed by atoms with van der Waals surface area (Å²) in [7, 11) is 3.45. The lowest BCUT2D eigenvalue weighted by Gasteiger charge is -2.09. The number of thioether (sulfide) groups is 1. The standard InChI is InChI=1S/C13H15N3O2S/c1-9(19-13-15-14-8-16(13)2)12(17)10-4-6-11(18-3)7-5-10/h4-9H,1-3H3. The average molecular weight is 277 g/mol. The average Bonchev–Trinajstić information content (AvgIpc) is 2.83. The number of rotatable bonds is 5. The minimum Gasteiger partial charge on any atom is -0.497 e. The normalized spacial score (nSPS) is 12.2. The van der Waals surface area contributed by atoms with E-state index >= 15 is 0 Å². The molecule has 1 atom stereocenters. The quantitative estimate of drug-likeness (QED) is 0.619. The van der Waals surface area contributed by atoms with Crippen LogP contribution in [-0.2, 0) is 7.05 Å². The van der Waals surface area contributed by atoms with Gasteiger partial charge in [0.2, 0.25) is 0 Å². The molecule has 1 unspecified atom stereocenters. The Labute approximate surface area is 116 Å². The van der Waals surface area contributed by atoms with E-state index in [4.69, 9.17) is 4.74 Å². The molecule has 1 aromatic carbocycles. The molecule has 2 aromatic rings. The summed E-state index contributed by atoms with van der Waals surface area (Å²) >= 11 is 1.40. The number of benzene rings is 1. The van der Waals surface area contributed by atoms with Crippen LogP contribution < -0.4 is 4.74 Å². The molecule has 1 aromatic heterocycles. The van der Waals surface area contributed by atoms with Gasteiger partial charge in [-0.3, -0.25) is 4.79 Å². The van der Waals surface area contributed by atoms with Gasteiger partial charge in [-0.05, 0) is 31.2 Å². The predicted molar refractivity (Wildman–Crippen MR) is 73.6 cm³/mol. The summed E-state index contributed by atoms with van der Waals surface area (Å²) in [5, 5.41) is 8.28. The molecule has 0 amide bonds. The van der Waals surface area contributed by atoms with Crippen LogP contribution in [0.1, 0.15) is 17.3 Å². The minimum absolute atomic E-state index is 0.0654. The number of Topliss-reactive ketones (excluding diaryl/α,β-unsaturated/α-hetero) is 1. The van der Waals surface area contributed by atoms with E-state index in [0.29, 0.717) is 5.56 Å². The fourth-order valence-electron chi connectivity index (χ4n) is 1.58. The number of nitrogens with zero attached hydrogens (tertiary/aromatic N) is 3. The molecule has 0 N–H and O–H groups in total. The van der Waals surface area contributed by atoms with Crippen LogP contribution in [0.25, 0.3) is 0 Å². The summed E-state index contributed by atoms with van der Waals surface area (Å²) in [4.78, 5) is 12.3. The van der Waals surface area contributed by atoms with Crippen molar-refractivity contribution in [2.45, 2.75) is 17.3 Å². The number of carbonyl (C=O) groups is 1. The van der Waals surface area contributed by atoms with Gasteiger partial charge in [-0.2, -0.15) is 0 Å². The highest BCUT2D eigenvalue weighted by atomic mass is 32.2. The number of ketones is 1. The van der Waals surface area contributed by atoms with Crippen LogP contribution >= 0.6 is 11.8 Å². The van der Waals surface area contributed by atoms with Crippen LogP contribution in [0.4, 0.5) is 0 Å². The Morgan fingerprint density at radius 2 is 2.05 bits per heavy atom. The molecule has 0 spiro atoms. The summed E-state index contributed by atoms with van der Waals surface area (Å²) in [6, 6.07) is 7.11. The molecule has 0 saturated carbocycles. The fraction of sp³-hybridized carbons (Fsp3) is 0.308. The molecule has 0 aliphatic carbocycles. The lowest BCUT2D eigenvalue weighted by molar-refractivity contribution is 0.0994. The Kier molecular flexibility index (Phi) is 4.21. The minimum atomic E-state index is -0.212. The summed E-state index contributed by atoms with van der Waals surface area (Å²) in [5.41, 5.74) is 0.669. The predicted octanol–water partition coefficient (Wildman–Crippen LogP) is 2.19. The highest BCUT2D eigenvalue weighted by Crippen LogP contribution is 2.23. The van der Waals surface area contributed by atoms with Gasteiger partial charge in [-0.25, -0.2) is 0 Å². The van der Waals surface area contributed by atoms with Gasteiger partial charge in [0.25, 0.3) is 0 Å². The van der Waals surface area contributed by atoms with E-state index < -0.39 is 0 Å². The number of aromatic nitrogens is 3. The third kappa shape index (κ3) is 3.14. The lowest BCUT2D eigenvalue weighted by atomic mass is 10.1. The molecule has 1 heterocycles. The summed E-state index contributed by atoms with van der Waals surface area (Å²) < 4.78 is 6.87. The molecule has 19 heavy (non-hydrogen) atoms. The summed E-state index contributed by atoms with van der Waals surface area (Å²) in [6.45, 7) is 1.87. The Hall–Kier alpha value is -1.82. The molecular weight excluding hydrogens is 262 g/mol. The first-order valence-corrected chi connectivity index (χ1v) is 6.68. The van der Waals surface area contributed by atoms with E-state index in [1.165, 1.54) is 11.8 Å². The van der Waals surface area contributed by atoms with Gasteiger partial charge in [0, 0.05) is 12.6 Å². The zero-order valence-electron chi connectivity index (χ0n) is 11.0. The molecule has 6 heteroatoms. The van der Waals surface area contributed by atoms with Crippen molar-refractivity contribution in [1.29, 1.82) is 0 Å². The number of methoxy groups -OCH3 is 1. The van der Waals surface area contributed by atoms with E-state index in [0.717, 1.165) is 10.9 Å². The van der Waals surface area contributed by atoms with Gasteiger partial charge in [0.05, 0.1) is 12.4 Å². The highest BCUT2D eigenvalue weighted by molar-refractivity contribution is 8.00. The molecule has 2 rings (SSSR count). The third-order valence-electron chi connectivity index (χ3n) is 2.70. The molecule has 0 fully saturated rings. The van der Waals surface area contributed by atoms with Crippen molar-refractivity contribution in [3.63, 3.8) is 0 Å².